The molecule has 0 bridgehead atoms. The van der Waals surface area contributed by atoms with E-state index in [4.69, 9.17) is 28.7 Å². The first-order valence-corrected chi connectivity index (χ1v) is 15.4. The van der Waals surface area contributed by atoms with Crippen LogP contribution in [0.1, 0.15) is 43.7 Å². The van der Waals surface area contributed by atoms with Gasteiger partial charge in [-0.15, -0.1) is 0 Å². The van der Waals surface area contributed by atoms with E-state index in [-0.39, 0.29) is 12.1 Å². The van der Waals surface area contributed by atoms with Crippen LogP contribution in [-0.2, 0) is 27.4 Å². The Morgan fingerprint density at radius 1 is 1.00 bits per heavy atom. The molecule has 11 heteroatoms. The van der Waals surface area contributed by atoms with Gasteiger partial charge in [0.05, 0.1) is 27.4 Å². The monoisotopic (exact) mass is 599 g/mol. The zero-order chi connectivity index (χ0) is 29.6. The van der Waals surface area contributed by atoms with E-state index in [1.165, 1.54) is 31.7 Å². The third-order valence-electron chi connectivity index (χ3n) is 8.16. The van der Waals surface area contributed by atoms with E-state index in [0.29, 0.717) is 24.4 Å². The van der Waals surface area contributed by atoms with Gasteiger partial charge in [-0.1, -0.05) is 48.9 Å². The van der Waals surface area contributed by atoms with Crippen molar-refractivity contribution in [2.75, 3.05) is 21.3 Å². The second-order valence-electron chi connectivity index (χ2n) is 11.0. The first-order valence-electron chi connectivity index (χ1n) is 14.5. The van der Waals surface area contributed by atoms with Crippen molar-refractivity contribution in [3.05, 3.63) is 59.7 Å². The number of amides is 1. The molecular formula is C31H41N3O7S. The van der Waals surface area contributed by atoms with Crippen LogP contribution >= 0.6 is 11.8 Å². The standard InChI is InChI=1S/C31H41N3O7S/c1-19(32-22-7-5-6-8-22)26-28(40-18-21-11-15-24(38-4)16-12-21)27(39-17-20-9-13-23(37-3)14-10-20)25-29(41-26)42-30(33-25)34(2)31(35)36/h9-16,19,22,25-29,32H,5-8,17-18H2,1-4H3,(H,35,36)/t19-,25+,26+,27+,28+,29+/m0/s1. The number of rotatable bonds is 11. The summed E-state index contributed by atoms with van der Waals surface area (Å²) in [7, 11) is 4.78. The van der Waals surface area contributed by atoms with E-state index in [9.17, 15) is 9.90 Å². The second-order valence-corrected chi connectivity index (χ2v) is 12.1. The summed E-state index contributed by atoms with van der Waals surface area (Å²) in [5.74, 6) is 1.55. The van der Waals surface area contributed by atoms with Gasteiger partial charge in [-0.25, -0.2) is 4.79 Å². The fraction of sp³-hybridized carbons (Fsp3) is 0.548. The lowest BCUT2D eigenvalue weighted by molar-refractivity contribution is -0.204. The van der Waals surface area contributed by atoms with Crippen molar-refractivity contribution in [1.29, 1.82) is 0 Å². The number of carboxylic acid groups (broad SMARTS) is 1. The number of methoxy groups -OCH3 is 2. The number of nitrogens with one attached hydrogen (secondary N) is 1. The van der Waals surface area contributed by atoms with Crippen LogP contribution in [0.3, 0.4) is 0 Å². The summed E-state index contributed by atoms with van der Waals surface area (Å²) in [5.41, 5.74) is 1.58. The molecule has 0 unspecified atom stereocenters. The largest absolute Gasteiger partial charge is 0.497 e. The van der Waals surface area contributed by atoms with Crippen LogP contribution in [0.15, 0.2) is 53.5 Å². The van der Waals surface area contributed by atoms with E-state index in [1.54, 1.807) is 14.2 Å². The van der Waals surface area contributed by atoms with Gasteiger partial charge in [0.2, 0.25) is 0 Å². The molecule has 42 heavy (non-hydrogen) atoms. The third kappa shape index (κ3) is 7.20. The van der Waals surface area contributed by atoms with Gasteiger partial charge in [0.1, 0.15) is 41.3 Å². The minimum Gasteiger partial charge on any atom is -0.497 e. The van der Waals surface area contributed by atoms with Crippen LogP contribution in [-0.4, -0.2) is 84.4 Å². The van der Waals surface area contributed by atoms with Crippen molar-refractivity contribution in [1.82, 2.24) is 10.2 Å². The lowest BCUT2D eigenvalue weighted by atomic mass is 9.93. The Labute approximate surface area is 251 Å². The average Bonchev–Trinajstić information content (AvgIpc) is 3.68. The van der Waals surface area contributed by atoms with Gasteiger partial charge in [0.15, 0.2) is 5.17 Å². The molecule has 2 heterocycles. The van der Waals surface area contributed by atoms with Gasteiger partial charge in [0, 0.05) is 19.1 Å². The highest BCUT2D eigenvalue weighted by Crippen LogP contribution is 2.41. The van der Waals surface area contributed by atoms with Crippen molar-refractivity contribution in [2.24, 2.45) is 4.99 Å². The Morgan fingerprint density at radius 3 is 2.07 bits per heavy atom. The summed E-state index contributed by atoms with van der Waals surface area (Å²) in [6.07, 6.45) is 2.37. The number of hydrogen-bond donors (Lipinski definition) is 2. The molecule has 0 spiro atoms. The molecule has 2 aromatic rings. The number of carbonyl (C=O) groups is 1. The molecule has 0 radical (unpaired) electrons. The normalized spacial score (nSPS) is 26.4. The van der Waals surface area contributed by atoms with Gasteiger partial charge in [-0.3, -0.25) is 9.89 Å². The highest BCUT2D eigenvalue weighted by atomic mass is 32.2. The van der Waals surface area contributed by atoms with Gasteiger partial charge >= 0.3 is 6.09 Å². The second kappa shape index (κ2) is 14.1. The first-order chi connectivity index (χ1) is 20.4. The lowest BCUT2D eigenvalue weighted by Crippen LogP contribution is -2.62. The van der Waals surface area contributed by atoms with E-state index < -0.39 is 29.8 Å². The first kappa shape index (κ1) is 30.6. The number of ether oxygens (including phenoxy) is 5. The van der Waals surface area contributed by atoms with Gasteiger partial charge in [0.25, 0.3) is 0 Å². The van der Waals surface area contributed by atoms with Crippen LogP contribution < -0.4 is 14.8 Å². The summed E-state index contributed by atoms with van der Waals surface area (Å²) in [5, 5.41) is 13.8. The Morgan fingerprint density at radius 2 is 1.55 bits per heavy atom. The lowest BCUT2D eigenvalue weighted by Gasteiger charge is -2.45. The summed E-state index contributed by atoms with van der Waals surface area (Å²) < 4.78 is 30.7. The van der Waals surface area contributed by atoms with Crippen LogP contribution in [0.2, 0.25) is 0 Å². The zero-order valence-corrected chi connectivity index (χ0v) is 25.4. The topological polar surface area (TPSA) is 111 Å². The molecule has 1 saturated carbocycles. The smallest absolute Gasteiger partial charge is 0.413 e. The molecule has 3 aliphatic rings. The van der Waals surface area contributed by atoms with Crippen LogP contribution in [0.5, 0.6) is 11.5 Å². The molecule has 228 valence electrons. The van der Waals surface area contributed by atoms with Crippen molar-refractivity contribution in [3.63, 3.8) is 0 Å². The average molecular weight is 600 g/mol. The number of aliphatic imine (C=N–C) groups is 1. The summed E-state index contributed by atoms with van der Waals surface area (Å²) in [6, 6.07) is 15.5. The molecule has 2 fully saturated rings. The van der Waals surface area contributed by atoms with Crippen LogP contribution in [0.4, 0.5) is 4.79 Å². The van der Waals surface area contributed by atoms with Crippen LogP contribution in [0, 0.1) is 0 Å². The van der Waals surface area contributed by atoms with Crippen molar-refractivity contribution >= 4 is 23.0 Å². The van der Waals surface area contributed by atoms with Crippen molar-refractivity contribution < 1.29 is 33.6 Å². The van der Waals surface area contributed by atoms with Crippen molar-refractivity contribution in [2.45, 2.75) is 87.7 Å². The number of benzene rings is 2. The Kier molecular flexibility index (Phi) is 10.3. The predicted octanol–water partition coefficient (Wildman–Crippen LogP) is 4.90. The highest BCUT2D eigenvalue weighted by molar-refractivity contribution is 8.14. The maximum atomic E-state index is 11.8. The Hall–Kier alpha value is -2.83. The number of hydrogen-bond acceptors (Lipinski definition) is 9. The van der Waals surface area contributed by atoms with Gasteiger partial charge < -0.3 is 34.1 Å². The fourth-order valence-electron chi connectivity index (χ4n) is 5.76. The molecule has 0 aromatic heterocycles. The minimum atomic E-state index is -1.07. The van der Waals surface area contributed by atoms with E-state index in [0.717, 1.165) is 40.4 Å². The Bertz CT molecular complexity index is 1210. The molecule has 5 rings (SSSR count). The number of amidine groups is 1. The Balaban J connectivity index is 1.43. The van der Waals surface area contributed by atoms with E-state index in [1.807, 2.05) is 48.5 Å². The van der Waals surface area contributed by atoms with E-state index >= 15 is 0 Å². The highest BCUT2D eigenvalue weighted by Gasteiger charge is 2.53. The summed E-state index contributed by atoms with van der Waals surface area (Å²) >= 11 is 1.32. The molecule has 2 N–H and O–H groups in total. The maximum absolute atomic E-state index is 11.8. The molecule has 1 aliphatic carbocycles. The van der Waals surface area contributed by atoms with Gasteiger partial charge in [-0.2, -0.15) is 0 Å². The maximum Gasteiger partial charge on any atom is 0.413 e. The quantitative estimate of drug-likeness (QED) is 0.373. The van der Waals surface area contributed by atoms with E-state index in [2.05, 4.69) is 12.2 Å². The van der Waals surface area contributed by atoms with Crippen molar-refractivity contribution in [3.8, 4) is 11.5 Å². The molecule has 10 nitrogen and oxygen atoms in total. The number of nitrogens with zero attached hydrogens (tertiary/aromatic N) is 2. The summed E-state index contributed by atoms with van der Waals surface area (Å²) in [4.78, 5) is 17.7. The molecule has 1 saturated heterocycles. The van der Waals surface area contributed by atoms with Crippen LogP contribution in [0.25, 0.3) is 0 Å². The zero-order valence-electron chi connectivity index (χ0n) is 24.6. The molecule has 6 atom stereocenters. The third-order valence-corrected chi connectivity index (χ3v) is 9.37. The fourth-order valence-corrected chi connectivity index (χ4v) is 6.93. The summed E-state index contributed by atoms with van der Waals surface area (Å²) in [6.45, 7) is 2.82. The predicted molar refractivity (Wildman–Crippen MR) is 161 cm³/mol. The minimum absolute atomic E-state index is 0.0242. The molecule has 2 aliphatic heterocycles. The number of thioether (sulfide) groups is 1. The molecule has 1 amide bonds. The SMILES string of the molecule is COc1ccc(CO[C@H]2[C@H](OCc3ccc(OC)cc3)[C@H]3N=C(N(C)C(=O)O)S[C@H]3O[C@@H]2[C@H](C)NC2CCCC2)cc1. The van der Waals surface area contributed by atoms with Gasteiger partial charge in [-0.05, 0) is 55.2 Å². The molecule has 2 aromatic carbocycles. The number of fused-ring (bicyclic) bond motifs is 1. The molecular weight excluding hydrogens is 558 g/mol.